The first kappa shape index (κ1) is 23.9. The molecule has 1 aliphatic rings. The highest BCUT2D eigenvalue weighted by atomic mass is 32.2. The van der Waals surface area contributed by atoms with Crippen LogP contribution in [0.15, 0.2) is 52.4 Å². The van der Waals surface area contributed by atoms with Crippen molar-refractivity contribution < 1.29 is 14.3 Å². The van der Waals surface area contributed by atoms with Crippen molar-refractivity contribution in [2.75, 3.05) is 20.3 Å². The van der Waals surface area contributed by atoms with E-state index in [0.29, 0.717) is 34.9 Å². The van der Waals surface area contributed by atoms with Gasteiger partial charge in [0.1, 0.15) is 0 Å². The van der Waals surface area contributed by atoms with Crippen LogP contribution in [-0.2, 0) is 4.79 Å². The molecule has 2 aromatic rings. The lowest BCUT2D eigenvalue weighted by Crippen LogP contribution is -2.32. The minimum Gasteiger partial charge on any atom is -0.493 e. The third kappa shape index (κ3) is 6.16. The summed E-state index contributed by atoms with van der Waals surface area (Å²) in [4.78, 5) is 20.4. The Hall–Kier alpha value is -2.73. The van der Waals surface area contributed by atoms with Gasteiger partial charge in [-0.2, -0.15) is 0 Å². The molecule has 2 aromatic carbocycles. The summed E-state index contributed by atoms with van der Waals surface area (Å²) in [5, 5.41) is 0.713. The van der Waals surface area contributed by atoms with E-state index in [9.17, 15) is 4.79 Å². The number of rotatable bonds is 9. The zero-order chi connectivity index (χ0) is 23.1. The van der Waals surface area contributed by atoms with Crippen molar-refractivity contribution in [3.05, 3.63) is 58.5 Å². The Kier molecular flexibility index (Phi) is 8.39. The Morgan fingerprint density at radius 1 is 1.12 bits per heavy atom. The maximum Gasteiger partial charge on any atom is 0.266 e. The van der Waals surface area contributed by atoms with Crippen molar-refractivity contribution in [2.24, 2.45) is 10.9 Å². The van der Waals surface area contributed by atoms with E-state index in [1.54, 1.807) is 12.0 Å². The standard InChI is InChI=1S/C26H32N2O3S/c1-6-7-14-31-22-13-10-20(15-23(22)30-5)16-24-25(29)28(17-18(2)3)26(32-24)27-21-11-8-19(4)9-12-21/h8-13,15-16,18H,6-7,14,17H2,1-5H3/b24-16+,27-26?. The second-order valence-electron chi connectivity index (χ2n) is 8.26. The number of aryl methyl sites for hydroxylation is 1. The number of ether oxygens (including phenoxy) is 2. The number of aliphatic imine (C=N–C) groups is 1. The zero-order valence-corrected chi connectivity index (χ0v) is 20.4. The number of hydrogen-bond donors (Lipinski definition) is 0. The maximum absolute atomic E-state index is 13.2. The number of amides is 1. The summed E-state index contributed by atoms with van der Waals surface area (Å²) in [6, 6.07) is 13.8. The monoisotopic (exact) mass is 452 g/mol. The number of thioether (sulfide) groups is 1. The number of hydrogen-bond acceptors (Lipinski definition) is 5. The molecule has 1 heterocycles. The second-order valence-corrected chi connectivity index (χ2v) is 9.27. The Morgan fingerprint density at radius 3 is 2.53 bits per heavy atom. The van der Waals surface area contributed by atoms with Crippen LogP contribution in [-0.4, -0.2) is 36.2 Å². The van der Waals surface area contributed by atoms with E-state index in [1.165, 1.54) is 17.3 Å². The van der Waals surface area contributed by atoms with Crippen molar-refractivity contribution >= 4 is 34.6 Å². The normalized spacial score (nSPS) is 16.4. The van der Waals surface area contributed by atoms with Crippen LogP contribution in [0.3, 0.4) is 0 Å². The third-order valence-electron chi connectivity index (χ3n) is 4.94. The maximum atomic E-state index is 13.2. The number of carbonyl (C=O) groups excluding carboxylic acids is 1. The molecule has 32 heavy (non-hydrogen) atoms. The molecule has 0 atom stereocenters. The Labute approximate surface area is 195 Å². The summed E-state index contributed by atoms with van der Waals surface area (Å²) < 4.78 is 11.3. The summed E-state index contributed by atoms with van der Waals surface area (Å²) in [7, 11) is 1.63. The fourth-order valence-corrected chi connectivity index (χ4v) is 4.23. The largest absolute Gasteiger partial charge is 0.493 e. The molecule has 0 unspecified atom stereocenters. The van der Waals surface area contributed by atoms with E-state index in [0.717, 1.165) is 29.8 Å². The number of carbonyl (C=O) groups is 1. The van der Waals surface area contributed by atoms with Crippen molar-refractivity contribution in [3.63, 3.8) is 0 Å². The smallest absolute Gasteiger partial charge is 0.266 e. The van der Waals surface area contributed by atoms with E-state index >= 15 is 0 Å². The van der Waals surface area contributed by atoms with Crippen molar-refractivity contribution in [1.82, 2.24) is 4.90 Å². The summed E-state index contributed by atoms with van der Waals surface area (Å²) in [5.41, 5.74) is 2.91. The average Bonchev–Trinajstić information content (AvgIpc) is 3.04. The minimum absolute atomic E-state index is 0.0169. The van der Waals surface area contributed by atoms with Crippen LogP contribution in [0.1, 0.15) is 44.7 Å². The molecule has 0 radical (unpaired) electrons. The summed E-state index contributed by atoms with van der Waals surface area (Å²) in [6.45, 7) is 9.67. The van der Waals surface area contributed by atoms with Gasteiger partial charge in [0.25, 0.3) is 5.91 Å². The van der Waals surface area contributed by atoms with Gasteiger partial charge < -0.3 is 9.47 Å². The van der Waals surface area contributed by atoms with Crippen LogP contribution in [0.2, 0.25) is 0 Å². The van der Waals surface area contributed by atoms with Gasteiger partial charge in [-0.05, 0) is 66.9 Å². The molecule has 0 N–H and O–H groups in total. The van der Waals surface area contributed by atoms with Gasteiger partial charge in [-0.1, -0.05) is 51.0 Å². The Balaban J connectivity index is 1.88. The van der Waals surface area contributed by atoms with Crippen LogP contribution in [0, 0.1) is 12.8 Å². The second kappa shape index (κ2) is 11.2. The predicted molar refractivity (Wildman–Crippen MR) is 134 cm³/mol. The first-order chi connectivity index (χ1) is 15.4. The topological polar surface area (TPSA) is 51.1 Å². The van der Waals surface area contributed by atoms with Crippen LogP contribution in [0.25, 0.3) is 6.08 Å². The number of methoxy groups -OCH3 is 1. The number of nitrogens with zero attached hydrogens (tertiary/aromatic N) is 2. The lowest BCUT2D eigenvalue weighted by Gasteiger charge is -2.17. The molecule has 0 bridgehead atoms. The van der Waals surface area contributed by atoms with E-state index in [-0.39, 0.29) is 5.91 Å². The molecule has 1 fully saturated rings. The number of benzene rings is 2. The van der Waals surface area contributed by atoms with Gasteiger partial charge in [-0.3, -0.25) is 9.69 Å². The van der Waals surface area contributed by atoms with E-state index in [4.69, 9.17) is 14.5 Å². The fourth-order valence-electron chi connectivity index (χ4n) is 3.22. The molecule has 1 saturated heterocycles. The first-order valence-electron chi connectivity index (χ1n) is 11.1. The van der Waals surface area contributed by atoms with Gasteiger partial charge in [0.2, 0.25) is 0 Å². The fraction of sp³-hybridized carbons (Fsp3) is 0.385. The predicted octanol–water partition coefficient (Wildman–Crippen LogP) is 6.44. The van der Waals surface area contributed by atoms with E-state index in [2.05, 4.69) is 20.8 Å². The summed E-state index contributed by atoms with van der Waals surface area (Å²) >= 11 is 1.41. The number of unbranched alkanes of at least 4 members (excludes halogenated alkanes) is 1. The molecule has 1 aliphatic heterocycles. The highest BCUT2D eigenvalue weighted by Crippen LogP contribution is 2.36. The Morgan fingerprint density at radius 2 is 1.88 bits per heavy atom. The van der Waals surface area contributed by atoms with Crippen LogP contribution >= 0.6 is 11.8 Å². The summed E-state index contributed by atoms with van der Waals surface area (Å²) in [6.07, 6.45) is 3.97. The quantitative estimate of drug-likeness (QED) is 0.324. The van der Waals surface area contributed by atoms with Gasteiger partial charge >= 0.3 is 0 Å². The zero-order valence-electron chi connectivity index (χ0n) is 19.6. The van der Waals surface area contributed by atoms with Gasteiger partial charge in [0.05, 0.1) is 24.3 Å². The lowest BCUT2D eigenvalue weighted by atomic mass is 10.1. The highest BCUT2D eigenvalue weighted by molar-refractivity contribution is 8.18. The molecule has 0 spiro atoms. The number of amidine groups is 1. The average molecular weight is 453 g/mol. The Bertz CT molecular complexity index is 997. The van der Waals surface area contributed by atoms with Crippen molar-refractivity contribution in [1.29, 1.82) is 0 Å². The molecule has 0 aliphatic carbocycles. The van der Waals surface area contributed by atoms with Gasteiger partial charge in [0.15, 0.2) is 16.7 Å². The molecule has 1 amide bonds. The van der Waals surface area contributed by atoms with Crippen LogP contribution < -0.4 is 9.47 Å². The molecule has 3 rings (SSSR count). The molecule has 0 aromatic heterocycles. The van der Waals surface area contributed by atoms with E-state index in [1.807, 2.05) is 55.5 Å². The molecule has 5 nitrogen and oxygen atoms in total. The van der Waals surface area contributed by atoms with E-state index < -0.39 is 0 Å². The molecule has 0 saturated carbocycles. The lowest BCUT2D eigenvalue weighted by molar-refractivity contribution is -0.122. The minimum atomic E-state index is -0.0169. The third-order valence-corrected chi connectivity index (χ3v) is 5.94. The summed E-state index contributed by atoms with van der Waals surface area (Å²) in [5.74, 6) is 1.70. The molecular weight excluding hydrogens is 420 g/mol. The van der Waals surface area contributed by atoms with Crippen LogP contribution in [0.4, 0.5) is 5.69 Å². The molecule has 6 heteroatoms. The molecular formula is C26H32N2O3S. The molecule has 170 valence electrons. The van der Waals surface area contributed by atoms with Gasteiger partial charge in [0, 0.05) is 6.54 Å². The van der Waals surface area contributed by atoms with Gasteiger partial charge in [-0.25, -0.2) is 4.99 Å². The SMILES string of the molecule is CCCCOc1ccc(/C=C2/SC(=Nc3ccc(C)cc3)N(CC(C)C)C2=O)cc1OC. The van der Waals surface area contributed by atoms with Crippen LogP contribution in [0.5, 0.6) is 11.5 Å². The van der Waals surface area contributed by atoms with Crippen molar-refractivity contribution in [3.8, 4) is 11.5 Å². The highest BCUT2D eigenvalue weighted by Gasteiger charge is 2.33. The van der Waals surface area contributed by atoms with Gasteiger partial charge in [-0.15, -0.1) is 0 Å². The first-order valence-corrected chi connectivity index (χ1v) is 11.9. The van der Waals surface area contributed by atoms with Crippen molar-refractivity contribution in [2.45, 2.75) is 40.5 Å².